The summed E-state index contributed by atoms with van der Waals surface area (Å²) in [7, 11) is 0. The lowest BCUT2D eigenvalue weighted by Gasteiger charge is -2.26. The highest BCUT2D eigenvalue weighted by Crippen LogP contribution is 2.30. The van der Waals surface area contributed by atoms with Crippen LogP contribution in [-0.2, 0) is 5.75 Å². The Kier molecular flexibility index (Phi) is 5.77. The van der Waals surface area contributed by atoms with Crippen molar-refractivity contribution in [1.82, 2.24) is 9.55 Å². The average molecular weight is 323 g/mol. The Balaban J connectivity index is 1.91. The second-order valence-electron chi connectivity index (χ2n) is 6.57. The van der Waals surface area contributed by atoms with Crippen molar-refractivity contribution in [3.63, 3.8) is 0 Å². The molecule has 0 fully saturated rings. The SMILES string of the molecule is CC(C)(C)CC(CSCc1ccc(Cl)cc1)n1ccnc1. The molecule has 2 nitrogen and oxygen atoms in total. The van der Waals surface area contributed by atoms with Crippen LogP contribution in [0, 0.1) is 5.41 Å². The zero-order chi connectivity index (χ0) is 15.3. The molecule has 114 valence electrons. The number of nitrogens with zero attached hydrogens (tertiary/aromatic N) is 2. The Morgan fingerprint density at radius 3 is 2.52 bits per heavy atom. The number of aromatic nitrogens is 2. The zero-order valence-electron chi connectivity index (χ0n) is 12.9. The van der Waals surface area contributed by atoms with Gasteiger partial charge in [-0.05, 0) is 29.5 Å². The van der Waals surface area contributed by atoms with Crippen LogP contribution in [0.3, 0.4) is 0 Å². The Bertz CT molecular complexity index is 529. The quantitative estimate of drug-likeness (QED) is 0.704. The molecule has 0 saturated carbocycles. The van der Waals surface area contributed by atoms with Crippen molar-refractivity contribution in [2.75, 3.05) is 5.75 Å². The highest BCUT2D eigenvalue weighted by Gasteiger charge is 2.19. The van der Waals surface area contributed by atoms with Gasteiger partial charge in [-0.25, -0.2) is 4.98 Å². The lowest BCUT2D eigenvalue weighted by Crippen LogP contribution is -2.18. The van der Waals surface area contributed by atoms with Gasteiger partial charge in [0, 0.05) is 35.0 Å². The second-order valence-corrected chi connectivity index (χ2v) is 8.04. The molecule has 0 aliphatic heterocycles. The summed E-state index contributed by atoms with van der Waals surface area (Å²) in [5, 5.41) is 0.799. The van der Waals surface area contributed by atoms with Crippen LogP contribution >= 0.6 is 23.4 Å². The largest absolute Gasteiger partial charge is 0.334 e. The maximum Gasteiger partial charge on any atom is 0.0948 e. The van der Waals surface area contributed by atoms with Crippen molar-refractivity contribution in [2.45, 2.75) is 39.0 Å². The summed E-state index contributed by atoms with van der Waals surface area (Å²) in [5.74, 6) is 2.11. The Morgan fingerprint density at radius 2 is 1.95 bits per heavy atom. The van der Waals surface area contributed by atoms with Gasteiger partial charge in [0.05, 0.1) is 6.33 Å². The molecule has 0 bridgehead atoms. The van der Waals surface area contributed by atoms with Crippen LogP contribution in [-0.4, -0.2) is 15.3 Å². The van der Waals surface area contributed by atoms with E-state index in [1.807, 2.05) is 36.4 Å². The highest BCUT2D eigenvalue weighted by atomic mass is 35.5. The number of thioether (sulfide) groups is 1. The molecule has 0 amide bonds. The monoisotopic (exact) mass is 322 g/mol. The third-order valence-corrected chi connectivity index (χ3v) is 4.70. The fraction of sp³-hybridized carbons (Fsp3) is 0.471. The summed E-state index contributed by atoms with van der Waals surface area (Å²) >= 11 is 7.89. The van der Waals surface area contributed by atoms with Gasteiger partial charge in [0.1, 0.15) is 0 Å². The van der Waals surface area contributed by atoms with Gasteiger partial charge in [0.25, 0.3) is 0 Å². The van der Waals surface area contributed by atoms with Gasteiger partial charge in [-0.3, -0.25) is 0 Å². The van der Waals surface area contributed by atoms with E-state index >= 15 is 0 Å². The van der Waals surface area contributed by atoms with Gasteiger partial charge in [-0.2, -0.15) is 11.8 Å². The van der Waals surface area contributed by atoms with Gasteiger partial charge < -0.3 is 4.57 Å². The molecule has 4 heteroatoms. The number of halogens is 1. The highest BCUT2D eigenvalue weighted by molar-refractivity contribution is 7.98. The van der Waals surface area contributed by atoms with E-state index in [2.05, 4.69) is 48.7 Å². The molecular formula is C17H23ClN2S. The van der Waals surface area contributed by atoms with Crippen LogP contribution in [0.25, 0.3) is 0 Å². The molecular weight excluding hydrogens is 300 g/mol. The first-order chi connectivity index (χ1) is 9.94. The van der Waals surface area contributed by atoms with Crippen molar-refractivity contribution in [2.24, 2.45) is 5.41 Å². The number of hydrogen-bond donors (Lipinski definition) is 0. The van der Waals surface area contributed by atoms with Crippen LogP contribution in [0.2, 0.25) is 5.02 Å². The molecule has 0 N–H and O–H groups in total. The van der Waals surface area contributed by atoms with Crippen LogP contribution in [0.1, 0.15) is 38.8 Å². The maximum absolute atomic E-state index is 5.92. The molecule has 0 aliphatic rings. The summed E-state index contributed by atoms with van der Waals surface area (Å²) < 4.78 is 2.24. The minimum absolute atomic E-state index is 0.315. The van der Waals surface area contributed by atoms with E-state index in [-0.39, 0.29) is 0 Å². The fourth-order valence-electron chi connectivity index (χ4n) is 2.34. The summed E-state index contributed by atoms with van der Waals surface area (Å²) in [5.41, 5.74) is 1.64. The van der Waals surface area contributed by atoms with E-state index < -0.39 is 0 Å². The predicted molar refractivity (Wildman–Crippen MR) is 93.0 cm³/mol. The Labute approximate surface area is 136 Å². The number of imidazole rings is 1. The summed E-state index contributed by atoms with van der Waals surface area (Å²) in [6.45, 7) is 6.88. The lowest BCUT2D eigenvalue weighted by atomic mass is 9.88. The van der Waals surface area contributed by atoms with Gasteiger partial charge in [0.2, 0.25) is 0 Å². The summed E-state index contributed by atoms with van der Waals surface area (Å²) in [6, 6.07) is 8.61. The van der Waals surface area contributed by atoms with Gasteiger partial charge >= 0.3 is 0 Å². The van der Waals surface area contributed by atoms with E-state index in [4.69, 9.17) is 11.6 Å². The van der Waals surface area contributed by atoms with Gasteiger partial charge in [0.15, 0.2) is 0 Å². The Hall–Kier alpha value is -0.930. The maximum atomic E-state index is 5.92. The summed E-state index contributed by atoms with van der Waals surface area (Å²) in [4.78, 5) is 4.19. The molecule has 2 aromatic rings. The predicted octanol–water partition coefficient (Wildman–Crippen LogP) is 5.45. The minimum atomic E-state index is 0.315. The lowest BCUT2D eigenvalue weighted by molar-refractivity contribution is 0.309. The van der Waals surface area contributed by atoms with Gasteiger partial charge in [-0.15, -0.1) is 0 Å². The van der Waals surface area contributed by atoms with Crippen LogP contribution in [0.5, 0.6) is 0 Å². The molecule has 1 atom stereocenters. The summed E-state index contributed by atoms with van der Waals surface area (Å²) in [6.07, 6.45) is 7.01. The van der Waals surface area contributed by atoms with E-state index in [0.29, 0.717) is 11.5 Å². The zero-order valence-corrected chi connectivity index (χ0v) is 14.5. The molecule has 1 aromatic heterocycles. The van der Waals surface area contributed by atoms with Crippen molar-refractivity contribution in [1.29, 1.82) is 0 Å². The molecule has 1 unspecified atom stereocenters. The average Bonchev–Trinajstić information content (AvgIpc) is 2.92. The normalized spacial score (nSPS) is 13.3. The first-order valence-corrected chi connectivity index (χ1v) is 8.77. The number of benzene rings is 1. The first kappa shape index (κ1) is 16.4. The topological polar surface area (TPSA) is 17.8 Å². The molecule has 1 heterocycles. The molecule has 1 aromatic carbocycles. The van der Waals surface area contributed by atoms with Crippen LogP contribution in [0.15, 0.2) is 43.0 Å². The molecule has 0 radical (unpaired) electrons. The molecule has 0 spiro atoms. The Morgan fingerprint density at radius 1 is 1.24 bits per heavy atom. The number of rotatable bonds is 6. The van der Waals surface area contributed by atoms with E-state index in [1.54, 1.807) is 0 Å². The molecule has 21 heavy (non-hydrogen) atoms. The second kappa shape index (κ2) is 7.37. The van der Waals surface area contributed by atoms with Crippen molar-refractivity contribution in [3.8, 4) is 0 Å². The standard InChI is InChI=1S/C17H23ClN2S/c1-17(2,3)10-16(20-9-8-19-13-20)12-21-11-14-4-6-15(18)7-5-14/h4-9,13,16H,10-12H2,1-3H3. The van der Waals surface area contributed by atoms with Crippen molar-refractivity contribution in [3.05, 3.63) is 53.6 Å². The van der Waals surface area contributed by atoms with Crippen molar-refractivity contribution >= 4 is 23.4 Å². The van der Waals surface area contributed by atoms with Crippen LogP contribution in [0.4, 0.5) is 0 Å². The molecule has 2 rings (SSSR count). The number of hydrogen-bond acceptors (Lipinski definition) is 2. The van der Waals surface area contributed by atoms with Crippen LogP contribution < -0.4 is 0 Å². The fourth-order valence-corrected chi connectivity index (χ4v) is 3.57. The minimum Gasteiger partial charge on any atom is -0.334 e. The smallest absolute Gasteiger partial charge is 0.0948 e. The van der Waals surface area contributed by atoms with Crippen molar-refractivity contribution < 1.29 is 0 Å². The van der Waals surface area contributed by atoms with E-state index in [9.17, 15) is 0 Å². The first-order valence-electron chi connectivity index (χ1n) is 7.24. The third-order valence-electron chi connectivity index (χ3n) is 3.29. The van der Waals surface area contributed by atoms with E-state index in [0.717, 1.165) is 22.9 Å². The third kappa shape index (κ3) is 5.76. The van der Waals surface area contributed by atoms with Gasteiger partial charge in [-0.1, -0.05) is 44.5 Å². The molecule has 0 aliphatic carbocycles. The molecule has 0 saturated heterocycles. The van der Waals surface area contributed by atoms with E-state index in [1.165, 1.54) is 5.56 Å².